The van der Waals surface area contributed by atoms with E-state index in [4.69, 9.17) is 9.47 Å². The fraction of sp³-hybridized carbons (Fsp3) is 0.207. The summed E-state index contributed by atoms with van der Waals surface area (Å²) in [4.78, 5) is 35.5. The normalized spacial score (nSPS) is 11.3. The van der Waals surface area contributed by atoms with Crippen molar-refractivity contribution in [2.24, 2.45) is 0 Å². The number of benzene rings is 3. The molecule has 0 fully saturated rings. The van der Waals surface area contributed by atoms with Crippen LogP contribution in [0.2, 0.25) is 0 Å². The van der Waals surface area contributed by atoms with Gasteiger partial charge in [0.1, 0.15) is 17.4 Å². The molecule has 0 atom stereocenters. The van der Waals surface area contributed by atoms with Gasteiger partial charge in [-0.25, -0.2) is 4.79 Å². The number of nitrogens with zero attached hydrogens (tertiary/aromatic N) is 2. The first kappa shape index (κ1) is 27.6. The number of carbonyl (C=O) groups is 2. The van der Waals surface area contributed by atoms with Crippen LogP contribution in [-0.2, 0) is 14.9 Å². The molecular formula is C29H27N3O6. The number of esters is 1. The number of nitrogens with one attached hydrogen (secondary N) is 1. The number of rotatable bonds is 8. The molecule has 3 aromatic carbocycles. The van der Waals surface area contributed by atoms with Crippen molar-refractivity contribution in [1.29, 1.82) is 5.26 Å². The largest absolute Gasteiger partial charge is 0.462 e. The van der Waals surface area contributed by atoms with Gasteiger partial charge in [0.15, 0.2) is 0 Å². The van der Waals surface area contributed by atoms with Crippen molar-refractivity contribution < 1.29 is 24.0 Å². The van der Waals surface area contributed by atoms with Crippen LogP contribution in [0.3, 0.4) is 0 Å². The molecule has 0 aliphatic heterocycles. The summed E-state index contributed by atoms with van der Waals surface area (Å²) in [7, 11) is 0. The van der Waals surface area contributed by atoms with E-state index in [1.165, 1.54) is 48.5 Å². The molecule has 0 heterocycles. The second-order valence-electron chi connectivity index (χ2n) is 9.28. The first-order valence-corrected chi connectivity index (χ1v) is 11.8. The zero-order valence-electron chi connectivity index (χ0n) is 21.5. The highest BCUT2D eigenvalue weighted by atomic mass is 16.6. The molecule has 1 amide bonds. The Hall–Kier alpha value is -4.97. The van der Waals surface area contributed by atoms with E-state index < -0.39 is 16.8 Å². The van der Waals surface area contributed by atoms with Gasteiger partial charge in [-0.2, -0.15) is 5.26 Å². The Balaban J connectivity index is 1.79. The summed E-state index contributed by atoms with van der Waals surface area (Å²) in [5, 5.41) is 23.8. The standard InChI is InChI=1S/C29H27N3O6/c1-5-37-28(34)20-7-11-23(12-8-20)31-27(33)21(18-30)16-19-6-15-26(25(17-19)32(35)36)38-24-13-9-22(10-14-24)29(2,3)4/h6-17H,5H2,1-4H3,(H,31,33). The first-order chi connectivity index (χ1) is 18.0. The van der Waals surface area contributed by atoms with Crippen LogP contribution in [0, 0.1) is 21.4 Å². The summed E-state index contributed by atoms with van der Waals surface area (Å²) in [6.45, 7) is 8.18. The van der Waals surface area contributed by atoms with Crippen LogP contribution >= 0.6 is 0 Å². The van der Waals surface area contributed by atoms with Crippen molar-refractivity contribution in [3.05, 3.63) is 99.1 Å². The summed E-state index contributed by atoms with van der Waals surface area (Å²) in [5.41, 5.74) is 1.42. The molecule has 0 aromatic heterocycles. The lowest BCUT2D eigenvalue weighted by atomic mass is 9.87. The van der Waals surface area contributed by atoms with Gasteiger partial charge in [0.05, 0.1) is 17.1 Å². The number of carbonyl (C=O) groups excluding carboxylic acids is 2. The third kappa shape index (κ3) is 7.04. The Morgan fingerprint density at radius 3 is 2.26 bits per heavy atom. The number of nitro groups is 1. The predicted molar refractivity (Wildman–Crippen MR) is 143 cm³/mol. The summed E-state index contributed by atoms with van der Waals surface area (Å²) in [6.07, 6.45) is 1.25. The smallest absolute Gasteiger partial charge is 0.338 e. The third-order valence-corrected chi connectivity index (χ3v) is 5.46. The molecule has 3 rings (SSSR count). The third-order valence-electron chi connectivity index (χ3n) is 5.46. The number of nitro benzene ring substituents is 1. The lowest BCUT2D eigenvalue weighted by Crippen LogP contribution is -2.13. The number of ether oxygens (including phenoxy) is 2. The molecule has 0 radical (unpaired) electrons. The summed E-state index contributed by atoms with van der Waals surface area (Å²) >= 11 is 0. The van der Waals surface area contributed by atoms with Gasteiger partial charge in [-0.3, -0.25) is 14.9 Å². The predicted octanol–water partition coefficient (Wildman–Crippen LogP) is 6.41. The molecule has 0 unspecified atom stereocenters. The van der Waals surface area contributed by atoms with E-state index in [0.717, 1.165) is 5.56 Å². The molecule has 0 saturated heterocycles. The van der Waals surface area contributed by atoms with Crippen molar-refractivity contribution in [2.45, 2.75) is 33.1 Å². The van der Waals surface area contributed by atoms with Crippen LogP contribution in [0.4, 0.5) is 11.4 Å². The number of hydrogen-bond acceptors (Lipinski definition) is 7. The highest BCUT2D eigenvalue weighted by Gasteiger charge is 2.19. The van der Waals surface area contributed by atoms with Crippen LogP contribution in [0.1, 0.15) is 49.2 Å². The number of anilines is 1. The first-order valence-electron chi connectivity index (χ1n) is 11.8. The fourth-order valence-corrected chi connectivity index (χ4v) is 3.42. The number of amides is 1. The Kier molecular flexibility index (Phi) is 8.61. The van der Waals surface area contributed by atoms with Gasteiger partial charge in [-0.15, -0.1) is 0 Å². The van der Waals surface area contributed by atoms with Crippen LogP contribution in [-0.4, -0.2) is 23.4 Å². The number of nitriles is 1. The number of hydrogen-bond donors (Lipinski definition) is 1. The molecule has 9 nitrogen and oxygen atoms in total. The second-order valence-corrected chi connectivity index (χ2v) is 9.28. The molecule has 194 valence electrons. The molecule has 3 aromatic rings. The van der Waals surface area contributed by atoms with E-state index in [9.17, 15) is 25.0 Å². The van der Waals surface area contributed by atoms with Crippen molar-refractivity contribution in [2.75, 3.05) is 11.9 Å². The Morgan fingerprint density at radius 1 is 1.05 bits per heavy atom. The van der Waals surface area contributed by atoms with Crippen molar-refractivity contribution in [3.8, 4) is 17.6 Å². The Labute approximate surface area is 220 Å². The highest BCUT2D eigenvalue weighted by molar-refractivity contribution is 6.09. The Morgan fingerprint density at radius 2 is 1.71 bits per heavy atom. The van der Waals surface area contributed by atoms with E-state index in [0.29, 0.717) is 17.0 Å². The minimum Gasteiger partial charge on any atom is -0.462 e. The van der Waals surface area contributed by atoms with Crippen LogP contribution < -0.4 is 10.1 Å². The van der Waals surface area contributed by atoms with Crippen LogP contribution in [0.25, 0.3) is 6.08 Å². The zero-order chi connectivity index (χ0) is 27.9. The zero-order valence-corrected chi connectivity index (χ0v) is 21.5. The monoisotopic (exact) mass is 513 g/mol. The van der Waals surface area contributed by atoms with Crippen molar-refractivity contribution in [3.63, 3.8) is 0 Å². The minimum absolute atomic E-state index is 0.0281. The molecule has 0 saturated carbocycles. The maximum atomic E-state index is 12.6. The molecular weight excluding hydrogens is 486 g/mol. The van der Waals surface area contributed by atoms with E-state index in [-0.39, 0.29) is 34.6 Å². The van der Waals surface area contributed by atoms with Crippen LogP contribution in [0.15, 0.2) is 72.3 Å². The maximum Gasteiger partial charge on any atom is 0.338 e. The van der Waals surface area contributed by atoms with Crippen molar-refractivity contribution >= 4 is 29.3 Å². The SMILES string of the molecule is CCOC(=O)c1ccc(NC(=O)C(C#N)=Cc2ccc(Oc3ccc(C(C)(C)C)cc3)c([N+](=O)[O-])c2)cc1. The van der Waals surface area contributed by atoms with E-state index in [2.05, 4.69) is 26.1 Å². The van der Waals surface area contributed by atoms with Gasteiger partial charge >= 0.3 is 11.7 Å². The molecule has 9 heteroatoms. The van der Waals surface area contributed by atoms with Gasteiger partial charge in [-0.1, -0.05) is 39.0 Å². The summed E-state index contributed by atoms with van der Waals surface area (Å²) < 4.78 is 10.7. The van der Waals surface area contributed by atoms with Gasteiger partial charge in [0.25, 0.3) is 5.91 Å². The van der Waals surface area contributed by atoms with Gasteiger partial charge in [0.2, 0.25) is 5.75 Å². The average molecular weight is 514 g/mol. The lowest BCUT2D eigenvalue weighted by Gasteiger charge is -2.19. The quantitative estimate of drug-likeness (QED) is 0.121. The average Bonchev–Trinajstić information content (AvgIpc) is 2.88. The fourth-order valence-electron chi connectivity index (χ4n) is 3.42. The lowest BCUT2D eigenvalue weighted by molar-refractivity contribution is -0.385. The molecule has 0 bridgehead atoms. The Bertz CT molecular complexity index is 1410. The molecule has 0 aliphatic rings. The maximum absolute atomic E-state index is 12.6. The molecule has 0 aliphatic carbocycles. The molecule has 0 spiro atoms. The summed E-state index contributed by atoms with van der Waals surface area (Å²) in [5.74, 6) is -0.729. The minimum atomic E-state index is -0.710. The highest BCUT2D eigenvalue weighted by Crippen LogP contribution is 2.34. The van der Waals surface area contributed by atoms with E-state index in [1.54, 1.807) is 19.1 Å². The second kappa shape index (κ2) is 11.8. The van der Waals surface area contributed by atoms with E-state index >= 15 is 0 Å². The van der Waals surface area contributed by atoms with Crippen LogP contribution in [0.5, 0.6) is 11.5 Å². The topological polar surface area (TPSA) is 132 Å². The van der Waals surface area contributed by atoms with Gasteiger partial charge < -0.3 is 14.8 Å². The van der Waals surface area contributed by atoms with Crippen molar-refractivity contribution in [1.82, 2.24) is 0 Å². The van der Waals surface area contributed by atoms with E-state index in [1.807, 2.05) is 18.2 Å². The summed E-state index contributed by atoms with van der Waals surface area (Å²) in [6, 6.07) is 19.3. The van der Waals surface area contributed by atoms with Gasteiger partial charge in [-0.05, 0) is 72.0 Å². The molecule has 1 N–H and O–H groups in total. The van der Waals surface area contributed by atoms with Gasteiger partial charge in [0, 0.05) is 11.8 Å². The molecule has 38 heavy (non-hydrogen) atoms.